The van der Waals surface area contributed by atoms with Crippen LogP contribution in [-0.2, 0) is 4.74 Å². The van der Waals surface area contributed by atoms with E-state index in [1.54, 1.807) is 5.01 Å². The van der Waals surface area contributed by atoms with E-state index in [1.807, 2.05) is 30.3 Å². The molecule has 13 heavy (non-hydrogen) atoms. The molecule has 1 aromatic carbocycles. The van der Waals surface area contributed by atoms with E-state index < -0.39 is 0 Å². The van der Waals surface area contributed by atoms with Crippen LogP contribution in [0.4, 0.5) is 5.69 Å². The predicted molar refractivity (Wildman–Crippen MR) is 48.5 cm³/mol. The normalized spacial score (nSPS) is 17.1. The Hall–Kier alpha value is -1.42. The summed E-state index contributed by atoms with van der Waals surface area (Å²) in [6, 6.07) is 9.67. The van der Waals surface area contributed by atoms with Crippen molar-refractivity contribution in [1.82, 2.24) is 5.01 Å². The summed E-state index contributed by atoms with van der Waals surface area (Å²) >= 11 is 0. The van der Waals surface area contributed by atoms with Crippen molar-refractivity contribution in [3.8, 4) is 0 Å². The smallest absolute Gasteiger partial charge is 0.136 e. The summed E-state index contributed by atoms with van der Waals surface area (Å²) in [5.74, 6) is 0. The first-order chi connectivity index (χ1) is 6.45. The number of rotatable bonds is 2. The van der Waals surface area contributed by atoms with Gasteiger partial charge in [0, 0.05) is 0 Å². The Morgan fingerprint density at radius 2 is 2.08 bits per heavy atom. The van der Waals surface area contributed by atoms with Gasteiger partial charge >= 0.3 is 0 Å². The zero-order valence-corrected chi connectivity index (χ0v) is 7.26. The summed E-state index contributed by atoms with van der Waals surface area (Å²) in [7, 11) is 0. The second-order valence-corrected chi connectivity index (χ2v) is 2.79. The van der Waals surface area contributed by atoms with E-state index in [0.717, 1.165) is 18.8 Å². The Labute approximate surface area is 76.8 Å². The second-order valence-electron chi connectivity index (χ2n) is 2.79. The fourth-order valence-electron chi connectivity index (χ4n) is 1.08. The van der Waals surface area contributed by atoms with E-state index in [9.17, 15) is 0 Å². The maximum absolute atomic E-state index is 5.12. The molecule has 0 N–H and O–H groups in total. The Morgan fingerprint density at radius 1 is 1.23 bits per heavy atom. The standard InChI is InChI=1S/C9H11N3O/c1-2-4-9(5-3-1)10-11-12-6-7-13-8-12/h1-5H,6-8H2. The van der Waals surface area contributed by atoms with Gasteiger partial charge < -0.3 is 4.74 Å². The van der Waals surface area contributed by atoms with Gasteiger partial charge in [-0.25, -0.2) is 0 Å². The molecule has 4 heteroatoms. The number of hydrogen-bond acceptors (Lipinski definition) is 3. The highest BCUT2D eigenvalue weighted by Gasteiger charge is 2.08. The fraction of sp³-hybridized carbons (Fsp3) is 0.333. The summed E-state index contributed by atoms with van der Waals surface area (Å²) in [4.78, 5) is 0. The van der Waals surface area contributed by atoms with Crippen LogP contribution in [0.3, 0.4) is 0 Å². The Balaban J connectivity index is 1.97. The summed E-state index contributed by atoms with van der Waals surface area (Å²) < 4.78 is 5.12. The minimum atomic E-state index is 0.552. The van der Waals surface area contributed by atoms with Crippen LogP contribution in [-0.4, -0.2) is 24.9 Å². The average molecular weight is 177 g/mol. The molecule has 0 spiro atoms. The molecule has 0 unspecified atom stereocenters. The molecule has 0 radical (unpaired) electrons. The van der Waals surface area contributed by atoms with Gasteiger partial charge in [-0.15, -0.1) is 5.11 Å². The molecule has 1 saturated heterocycles. The van der Waals surface area contributed by atoms with Crippen LogP contribution in [0, 0.1) is 0 Å². The molecule has 0 atom stereocenters. The molecule has 1 fully saturated rings. The molecular formula is C9H11N3O. The van der Waals surface area contributed by atoms with Gasteiger partial charge in [0.1, 0.15) is 6.73 Å². The zero-order valence-electron chi connectivity index (χ0n) is 7.26. The quantitative estimate of drug-likeness (QED) is 0.647. The molecule has 1 aromatic rings. The number of benzene rings is 1. The van der Waals surface area contributed by atoms with E-state index in [2.05, 4.69) is 10.3 Å². The van der Waals surface area contributed by atoms with Crippen LogP contribution < -0.4 is 0 Å². The number of ether oxygens (including phenoxy) is 1. The second kappa shape index (κ2) is 4.00. The minimum Gasteiger partial charge on any atom is -0.358 e. The van der Waals surface area contributed by atoms with Crippen LogP contribution in [0.2, 0.25) is 0 Å². The highest BCUT2D eigenvalue weighted by atomic mass is 16.5. The van der Waals surface area contributed by atoms with Crippen molar-refractivity contribution in [2.24, 2.45) is 10.3 Å². The highest BCUT2D eigenvalue weighted by Crippen LogP contribution is 2.11. The molecule has 68 valence electrons. The predicted octanol–water partition coefficient (Wildman–Crippen LogP) is 1.97. The van der Waals surface area contributed by atoms with E-state index in [-0.39, 0.29) is 0 Å². The monoisotopic (exact) mass is 177 g/mol. The van der Waals surface area contributed by atoms with E-state index in [1.165, 1.54) is 0 Å². The lowest BCUT2D eigenvalue weighted by atomic mass is 10.3. The first-order valence-electron chi connectivity index (χ1n) is 4.24. The van der Waals surface area contributed by atoms with Gasteiger partial charge in [0.2, 0.25) is 0 Å². The number of nitrogens with zero attached hydrogens (tertiary/aromatic N) is 3. The van der Waals surface area contributed by atoms with Gasteiger partial charge in [-0.2, -0.15) is 0 Å². The third kappa shape index (κ3) is 2.26. The maximum Gasteiger partial charge on any atom is 0.136 e. The molecule has 2 rings (SSSR count). The SMILES string of the molecule is c1ccc(N=NN2CCOC2)cc1. The molecule has 1 aliphatic rings. The molecule has 0 bridgehead atoms. The van der Waals surface area contributed by atoms with Crippen molar-refractivity contribution in [2.75, 3.05) is 19.9 Å². The van der Waals surface area contributed by atoms with Crippen molar-refractivity contribution >= 4 is 5.69 Å². The summed E-state index contributed by atoms with van der Waals surface area (Å²) in [5.41, 5.74) is 0.870. The third-order valence-electron chi connectivity index (χ3n) is 1.78. The van der Waals surface area contributed by atoms with Gasteiger partial charge in [-0.05, 0) is 12.1 Å². The third-order valence-corrected chi connectivity index (χ3v) is 1.78. The highest BCUT2D eigenvalue weighted by molar-refractivity contribution is 5.34. The van der Waals surface area contributed by atoms with Crippen molar-refractivity contribution in [1.29, 1.82) is 0 Å². The topological polar surface area (TPSA) is 37.2 Å². The Bertz CT molecular complexity index is 280. The number of hydrogen-bond donors (Lipinski definition) is 0. The van der Waals surface area contributed by atoms with Gasteiger partial charge in [-0.3, -0.25) is 5.01 Å². The summed E-state index contributed by atoms with van der Waals surface area (Å²) in [6.45, 7) is 2.13. The van der Waals surface area contributed by atoms with Crippen LogP contribution in [0.25, 0.3) is 0 Å². The van der Waals surface area contributed by atoms with Gasteiger partial charge in [-0.1, -0.05) is 23.4 Å². The van der Waals surface area contributed by atoms with Gasteiger partial charge in [0.15, 0.2) is 0 Å². The molecule has 0 amide bonds. The van der Waals surface area contributed by atoms with Crippen molar-refractivity contribution < 1.29 is 4.74 Å². The first kappa shape index (κ1) is 8.19. The molecule has 0 saturated carbocycles. The molecule has 0 aromatic heterocycles. The summed E-state index contributed by atoms with van der Waals surface area (Å²) in [5, 5.41) is 9.88. The van der Waals surface area contributed by atoms with E-state index >= 15 is 0 Å². The van der Waals surface area contributed by atoms with Gasteiger partial charge in [0.25, 0.3) is 0 Å². The lowest BCUT2D eigenvalue weighted by Crippen LogP contribution is -2.10. The van der Waals surface area contributed by atoms with Crippen LogP contribution in [0.1, 0.15) is 0 Å². The maximum atomic E-state index is 5.12. The van der Waals surface area contributed by atoms with E-state index in [4.69, 9.17) is 4.74 Å². The molecule has 1 aliphatic heterocycles. The van der Waals surface area contributed by atoms with E-state index in [0.29, 0.717) is 6.73 Å². The lowest BCUT2D eigenvalue weighted by Gasteiger charge is -2.04. The van der Waals surface area contributed by atoms with Crippen molar-refractivity contribution in [3.63, 3.8) is 0 Å². The van der Waals surface area contributed by atoms with Crippen molar-refractivity contribution in [3.05, 3.63) is 30.3 Å². The Kier molecular flexibility index (Phi) is 2.52. The molecule has 1 heterocycles. The Morgan fingerprint density at radius 3 is 2.77 bits per heavy atom. The van der Waals surface area contributed by atoms with Crippen LogP contribution in [0.5, 0.6) is 0 Å². The van der Waals surface area contributed by atoms with Crippen LogP contribution >= 0.6 is 0 Å². The lowest BCUT2D eigenvalue weighted by molar-refractivity contribution is 0.138. The fourth-order valence-corrected chi connectivity index (χ4v) is 1.08. The first-order valence-corrected chi connectivity index (χ1v) is 4.24. The van der Waals surface area contributed by atoms with Crippen molar-refractivity contribution in [2.45, 2.75) is 0 Å². The summed E-state index contributed by atoms with van der Waals surface area (Å²) in [6.07, 6.45) is 0. The molecule has 4 nitrogen and oxygen atoms in total. The molecule has 0 aliphatic carbocycles. The largest absolute Gasteiger partial charge is 0.358 e. The van der Waals surface area contributed by atoms with Crippen LogP contribution in [0.15, 0.2) is 40.7 Å². The minimum absolute atomic E-state index is 0.552. The molecular weight excluding hydrogens is 166 g/mol. The zero-order chi connectivity index (χ0) is 8.93. The average Bonchev–Trinajstić information content (AvgIpc) is 2.69. The van der Waals surface area contributed by atoms with Gasteiger partial charge in [0.05, 0.1) is 18.8 Å².